The van der Waals surface area contributed by atoms with Gasteiger partial charge in [-0.15, -0.1) is 0 Å². The number of piperazine rings is 1. The number of nitrogens with zero attached hydrogens (tertiary/aromatic N) is 5. The summed E-state index contributed by atoms with van der Waals surface area (Å²) in [5.74, 6) is 0.964. The van der Waals surface area contributed by atoms with Crippen molar-refractivity contribution in [3.8, 4) is 0 Å². The van der Waals surface area contributed by atoms with Gasteiger partial charge in [0.05, 0.1) is 4.90 Å². The molecule has 204 valence electrons. The molecule has 3 heterocycles. The van der Waals surface area contributed by atoms with Crippen molar-refractivity contribution in [1.82, 2.24) is 14.5 Å². The number of hydrogen-bond acceptors (Lipinski definition) is 7. The van der Waals surface area contributed by atoms with Crippen molar-refractivity contribution in [3.05, 3.63) is 48.7 Å². The largest absolute Gasteiger partial charge is 0.444 e. The predicted molar refractivity (Wildman–Crippen MR) is 150 cm³/mol. The number of amides is 1. The fraction of sp³-hybridized carbons (Fsp3) is 0.500. The molecule has 0 spiro atoms. The van der Waals surface area contributed by atoms with Crippen molar-refractivity contribution in [1.29, 1.82) is 0 Å². The molecular formula is C28H37N5O4S. The van der Waals surface area contributed by atoms with Crippen molar-refractivity contribution < 1.29 is 17.9 Å². The first-order valence-corrected chi connectivity index (χ1v) is 15.0. The van der Waals surface area contributed by atoms with Crippen LogP contribution in [0.25, 0.3) is 11.0 Å². The zero-order valence-electron chi connectivity index (χ0n) is 22.8. The Morgan fingerprint density at radius 3 is 2.21 bits per heavy atom. The summed E-state index contributed by atoms with van der Waals surface area (Å²) in [5, 5.41) is 1.11. The highest BCUT2D eigenvalue weighted by molar-refractivity contribution is 7.90. The zero-order valence-corrected chi connectivity index (χ0v) is 23.6. The highest BCUT2D eigenvalue weighted by atomic mass is 32.2. The van der Waals surface area contributed by atoms with E-state index >= 15 is 0 Å². The number of sulfone groups is 1. The number of benzene rings is 1. The Bertz CT molecular complexity index is 1410. The molecule has 9 nitrogen and oxygen atoms in total. The Morgan fingerprint density at radius 1 is 0.974 bits per heavy atom. The molecular weight excluding hydrogens is 502 g/mol. The third-order valence-electron chi connectivity index (χ3n) is 7.49. The molecule has 1 aliphatic carbocycles. The number of hydrogen-bond donors (Lipinski definition) is 0. The van der Waals surface area contributed by atoms with Crippen molar-refractivity contribution >= 4 is 38.5 Å². The summed E-state index contributed by atoms with van der Waals surface area (Å²) in [7, 11) is -1.38. The number of aromatic nitrogens is 2. The second kappa shape index (κ2) is 9.80. The second-order valence-electron chi connectivity index (χ2n) is 11.4. The molecule has 0 bridgehead atoms. The van der Waals surface area contributed by atoms with E-state index in [1.807, 2.05) is 40.0 Å². The first-order valence-electron chi connectivity index (χ1n) is 13.1. The topological polar surface area (TPSA) is 88.0 Å². The number of pyridine rings is 1. The van der Waals surface area contributed by atoms with Crippen LogP contribution in [0.2, 0.25) is 0 Å². The molecule has 5 rings (SSSR count). The van der Waals surface area contributed by atoms with E-state index in [-0.39, 0.29) is 12.1 Å². The van der Waals surface area contributed by atoms with Gasteiger partial charge in [-0.05, 0) is 76.1 Å². The van der Waals surface area contributed by atoms with E-state index in [1.54, 1.807) is 17.0 Å². The summed E-state index contributed by atoms with van der Waals surface area (Å²) in [6.07, 6.45) is 4.81. The Labute approximate surface area is 224 Å². The van der Waals surface area contributed by atoms with Gasteiger partial charge >= 0.3 is 6.09 Å². The lowest BCUT2D eigenvalue weighted by Gasteiger charge is -2.42. The lowest BCUT2D eigenvalue weighted by atomic mass is 9.85. The van der Waals surface area contributed by atoms with E-state index in [2.05, 4.69) is 38.8 Å². The van der Waals surface area contributed by atoms with Crippen LogP contribution in [-0.2, 0) is 14.6 Å². The van der Waals surface area contributed by atoms with E-state index in [4.69, 9.17) is 9.72 Å². The molecule has 1 amide bonds. The SMILES string of the molecule is CN(C(=O)OC(C)(C)C)C1CC(n2ccc3ccc(N4CCN(c5ccc(S(C)(=O)=O)cc5)CC4)nc32)C1. The minimum absolute atomic E-state index is 0.162. The van der Waals surface area contributed by atoms with E-state index in [0.717, 1.165) is 61.6 Å². The minimum atomic E-state index is -3.19. The Hall–Kier alpha value is -3.27. The van der Waals surface area contributed by atoms with E-state index in [9.17, 15) is 13.2 Å². The van der Waals surface area contributed by atoms with Gasteiger partial charge in [0.1, 0.15) is 17.1 Å². The summed E-state index contributed by atoms with van der Waals surface area (Å²) < 4.78 is 31.3. The molecule has 0 unspecified atom stereocenters. The number of fused-ring (bicyclic) bond motifs is 1. The third-order valence-corrected chi connectivity index (χ3v) is 8.62. The molecule has 0 N–H and O–H groups in total. The highest BCUT2D eigenvalue weighted by Gasteiger charge is 2.37. The van der Waals surface area contributed by atoms with E-state index in [1.165, 1.54) is 6.26 Å². The molecule has 3 aromatic rings. The summed E-state index contributed by atoms with van der Waals surface area (Å²) in [6, 6.07) is 13.9. The monoisotopic (exact) mass is 539 g/mol. The van der Waals surface area contributed by atoms with Crippen molar-refractivity contribution in [2.75, 3.05) is 49.3 Å². The molecule has 2 fully saturated rings. The molecule has 2 aromatic heterocycles. The van der Waals surface area contributed by atoms with Crippen LogP contribution in [-0.4, -0.2) is 80.1 Å². The summed E-state index contributed by atoms with van der Waals surface area (Å²) in [6.45, 7) is 8.99. The number of rotatable bonds is 5. The van der Waals surface area contributed by atoms with Crippen LogP contribution < -0.4 is 9.80 Å². The quantitative estimate of drug-likeness (QED) is 0.477. The normalized spacial score (nSPS) is 20.3. The molecule has 38 heavy (non-hydrogen) atoms. The van der Waals surface area contributed by atoms with Gasteiger partial charge in [-0.3, -0.25) is 0 Å². The maximum Gasteiger partial charge on any atom is 0.410 e. The highest BCUT2D eigenvalue weighted by Crippen LogP contribution is 2.38. The Morgan fingerprint density at radius 2 is 1.61 bits per heavy atom. The summed E-state index contributed by atoms with van der Waals surface area (Å²) >= 11 is 0. The van der Waals surface area contributed by atoms with Gasteiger partial charge < -0.3 is 24.0 Å². The summed E-state index contributed by atoms with van der Waals surface area (Å²) in [4.78, 5) is 24.1. The van der Waals surface area contributed by atoms with Gasteiger partial charge in [0.25, 0.3) is 0 Å². The number of carbonyl (C=O) groups is 1. The molecule has 1 aliphatic heterocycles. The van der Waals surface area contributed by atoms with Crippen LogP contribution in [0.15, 0.2) is 53.6 Å². The van der Waals surface area contributed by atoms with Crippen LogP contribution in [0, 0.1) is 0 Å². The molecule has 0 atom stereocenters. The Balaban J connectivity index is 1.22. The molecule has 1 saturated heterocycles. The maximum atomic E-state index is 12.4. The average Bonchev–Trinajstić information content (AvgIpc) is 3.24. The van der Waals surface area contributed by atoms with Crippen molar-refractivity contribution in [2.24, 2.45) is 0 Å². The van der Waals surface area contributed by atoms with Crippen LogP contribution in [0.3, 0.4) is 0 Å². The lowest BCUT2D eigenvalue weighted by molar-refractivity contribution is 0.00809. The maximum absolute atomic E-state index is 12.4. The molecule has 1 aromatic carbocycles. The second-order valence-corrected chi connectivity index (χ2v) is 13.4. The van der Waals surface area contributed by atoms with Gasteiger partial charge in [-0.2, -0.15) is 0 Å². The van der Waals surface area contributed by atoms with Gasteiger partial charge in [0, 0.05) is 68.8 Å². The van der Waals surface area contributed by atoms with Crippen molar-refractivity contribution in [3.63, 3.8) is 0 Å². The van der Waals surface area contributed by atoms with Gasteiger partial charge in [0.2, 0.25) is 0 Å². The number of anilines is 2. The van der Waals surface area contributed by atoms with Gasteiger partial charge in [-0.25, -0.2) is 18.2 Å². The first kappa shape index (κ1) is 26.3. The molecule has 1 saturated carbocycles. The fourth-order valence-corrected chi connectivity index (χ4v) is 5.80. The Kier molecular flexibility index (Phi) is 6.79. The van der Waals surface area contributed by atoms with Crippen LogP contribution in [0.4, 0.5) is 16.3 Å². The fourth-order valence-electron chi connectivity index (χ4n) is 5.17. The minimum Gasteiger partial charge on any atom is -0.444 e. The zero-order chi connectivity index (χ0) is 27.2. The van der Waals surface area contributed by atoms with E-state index < -0.39 is 15.4 Å². The van der Waals surface area contributed by atoms with Crippen molar-refractivity contribution in [2.45, 2.75) is 56.2 Å². The lowest BCUT2D eigenvalue weighted by Crippen LogP contribution is -2.47. The van der Waals surface area contributed by atoms with Crippen LogP contribution in [0.1, 0.15) is 39.7 Å². The molecule has 2 aliphatic rings. The third kappa shape index (κ3) is 5.45. The van der Waals surface area contributed by atoms with Gasteiger partial charge in [-0.1, -0.05) is 0 Å². The number of ether oxygens (including phenoxy) is 1. The predicted octanol–water partition coefficient (Wildman–Crippen LogP) is 4.34. The van der Waals surface area contributed by atoms with Gasteiger partial charge in [0.15, 0.2) is 9.84 Å². The molecule has 0 radical (unpaired) electrons. The molecule has 10 heteroatoms. The standard InChI is InChI=1S/C28H37N5O4S/c1-28(2,3)37-27(34)30(4)22-18-23(19-22)33-13-12-20-6-11-25(29-26(20)33)32-16-14-31(15-17-32)21-7-9-24(10-8-21)38(5,35)36/h6-13,22-23H,14-19H2,1-5H3. The van der Waals surface area contributed by atoms with Crippen LogP contribution >= 0.6 is 0 Å². The first-order chi connectivity index (χ1) is 17.9. The smallest absolute Gasteiger partial charge is 0.410 e. The number of carbonyl (C=O) groups excluding carboxylic acids is 1. The van der Waals surface area contributed by atoms with E-state index in [0.29, 0.717) is 10.9 Å². The van der Waals surface area contributed by atoms with Crippen LogP contribution in [0.5, 0.6) is 0 Å². The average molecular weight is 540 g/mol. The summed E-state index contributed by atoms with van der Waals surface area (Å²) in [5.41, 5.74) is 1.51.